The van der Waals surface area contributed by atoms with Gasteiger partial charge in [-0.15, -0.1) is 0 Å². The summed E-state index contributed by atoms with van der Waals surface area (Å²) in [5, 5.41) is 43.9. The Morgan fingerprint density at radius 2 is 2.00 bits per heavy atom. The van der Waals surface area contributed by atoms with Crippen molar-refractivity contribution in [2.24, 2.45) is 17.6 Å². The minimum atomic E-state index is -2.19. The van der Waals surface area contributed by atoms with Crippen LogP contribution in [0.3, 0.4) is 0 Å². The molecule has 9 nitrogen and oxygen atoms in total. The van der Waals surface area contributed by atoms with Crippen LogP contribution in [0.15, 0.2) is 40.9 Å². The topological polar surface area (TPSA) is 148 Å². The van der Waals surface area contributed by atoms with Crippen molar-refractivity contribution in [2.45, 2.75) is 43.9 Å². The van der Waals surface area contributed by atoms with E-state index in [2.05, 4.69) is 16.4 Å². The highest BCUT2D eigenvalue weighted by molar-refractivity contribution is 6.13. The van der Waals surface area contributed by atoms with Crippen molar-refractivity contribution in [1.29, 1.82) is 0 Å². The zero-order chi connectivity index (χ0) is 27.0. The molecule has 4 atom stereocenters. The summed E-state index contributed by atoms with van der Waals surface area (Å²) >= 11 is 0. The molecule has 1 aromatic rings. The number of aromatic hydroxyl groups is 1. The van der Waals surface area contributed by atoms with E-state index in [1.165, 1.54) is 6.07 Å². The molecule has 0 radical (unpaired) electrons. The Morgan fingerprint density at radius 3 is 2.62 bits per heavy atom. The van der Waals surface area contributed by atoms with Gasteiger partial charge in [-0.2, -0.15) is 0 Å². The number of phenols is 1. The fourth-order valence-corrected chi connectivity index (χ4v) is 6.63. The number of aliphatic hydroxyl groups is 3. The lowest BCUT2D eigenvalue weighted by Gasteiger charge is -2.47. The highest BCUT2D eigenvalue weighted by Crippen LogP contribution is 2.54. The SMILES string of the molecule is C=C1C(C(N)=O)=C(O)C[C@@H]2CC3Cc4c(F)c(CN5CC[C@@H](N(C)C)C5)cc(O)c4C(=O)C3=C(O)[C@]12O. The van der Waals surface area contributed by atoms with Gasteiger partial charge in [0.2, 0.25) is 0 Å². The number of hydrogen-bond acceptors (Lipinski definition) is 8. The maximum absolute atomic E-state index is 15.8. The lowest BCUT2D eigenvalue weighted by atomic mass is 9.59. The van der Waals surface area contributed by atoms with Crippen LogP contribution in [-0.4, -0.2) is 80.7 Å². The molecule has 1 unspecified atom stereocenters. The van der Waals surface area contributed by atoms with Crippen molar-refractivity contribution in [3.63, 3.8) is 0 Å². The van der Waals surface area contributed by atoms with Gasteiger partial charge in [0.25, 0.3) is 5.91 Å². The fourth-order valence-electron chi connectivity index (χ4n) is 6.63. The maximum atomic E-state index is 15.8. The fraction of sp³-hybridized carbons (Fsp3) is 0.481. The standard InChI is InChI=1S/C27H32FN3O6/c1-12-20(26(29)36)19(33)9-15-6-13-7-17-22(24(34)21(13)25(35)27(12,15)37)18(32)8-14(23(17)28)10-31-5-4-16(11-31)30(2)3/h8,13,15-16,32-33,35,37H,1,4-7,9-11H2,2-3H3,(H2,29,36)/t13?,15-,16+,27-/m0/s1. The van der Waals surface area contributed by atoms with Crippen molar-refractivity contribution in [2.75, 3.05) is 27.2 Å². The van der Waals surface area contributed by atoms with E-state index in [0.717, 1.165) is 19.5 Å². The molecule has 0 aromatic heterocycles. The second kappa shape index (κ2) is 8.68. The number of likely N-dealkylation sites (tertiary alicyclic amines) is 1. The Labute approximate surface area is 214 Å². The summed E-state index contributed by atoms with van der Waals surface area (Å²) in [6.07, 6.45) is 0.934. The number of likely N-dealkylation sites (N-methyl/N-ethyl adjacent to an activating group) is 1. The molecule has 1 saturated heterocycles. The molecule has 3 aliphatic carbocycles. The van der Waals surface area contributed by atoms with Gasteiger partial charge in [-0.3, -0.25) is 14.5 Å². The van der Waals surface area contributed by atoms with Crippen LogP contribution in [0.4, 0.5) is 4.39 Å². The third kappa shape index (κ3) is 3.69. The number of halogens is 1. The molecule has 0 bridgehead atoms. The van der Waals surface area contributed by atoms with E-state index in [1.54, 1.807) is 0 Å². The van der Waals surface area contributed by atoms with E-state index < -0.39 is 40.7 Å². The summed E-state index contributed by atoms with van der Waals surface area (Å²) in [4.78, 5) is 29.7. The third-order valence-corrected chi connectivity index (χ3v) is 8.63. The first kappa shape index (κ1) is 25.4. The number of amides is 1. The van der Waals surface area contributed by atoms with Crippen LogP contribution in [0.2, 0.25) is 0 Å². The molecule has 198 valence electrons. The van der Waals surface area contributed by atoms with Crippen LogP contribution >= 0.6 is 0 Å². The highest BCUT2D eigenvalue weighted by Gasteiger charge is 2.56. The number of carbonyl (C=O) groups is 2. The number of benzene rings is 1. The lowest BCUT2D eigenvalue weighted by Crippen LogP contribution is -2.52. The summed E-state index contributed by atoms with van der Waals surface area (Å²) in [7, 11) is 4.01. The number of hydrogen-bond donors (Lipinski definition) is 5. The molecule has 1 heterocycles. The third-order valence-electron chi connectivity index (χ3n) is 8.63. The van der Waals surface area contributed by atoms with Gasteiger partial charge in [-0.05, 0) is 45.3 Å². The Kier molecular flexibility index (Phi) is 5.97. The van der Waals surface area contributed by atoms with E-state index >= 15 is 4.39 Å². The molecule has 0 saturated carbocycles. The zero-order valence-electron chi connectivity index (χ0n) is 20.9. The van der Waals surface area contributed by atoms with Gasteiger partial charge in [-0.1, -0.05) is 6.58 Å². The maximum Gasteiger partial charge on any atom is 0.252 e. The molecular formula is C27H32FN3O6. The van der Waals surface area contributed by atoms with Gasteiger partial charge in [0.1, 0.15) is 23.1 Å². The summed E-state index contributed by atoms with van der Waals surface area (Å²) < 4.78 is 15.8. The number of allylic oxidation sites excluding steroid dienone is 2. The van der Waals surface area contributed by atoms with Crippen molar-refractivity contribution >= 4 is 11.7 Å². The second-order valence-corrected chi connectivity index (χ2v) is 10.9. The van der Waals surface area contributed by atoms with Crippen LogP contribution < -0.4 is 5.73 Å². The molecule has 0 spiro atoms. The number of rotatable bonds is 4. The molecule has 4 aliphatic rings. The molecule has 1 aromatic carbocycles. The number of Topliss-reactive ketones (excluding diaryl/α,β-unsaturated/α-hetero) is 1. The number of ketones is 1. The van der Waals surface area contributed by atoms with Gasteiger partial charge < -0.3 is 31.1 Å². The Bertz CT molecular complexity index is 1300. The Hall–Kier alpha value is -3.21. The van der Waals surface area contributed by atoms with Crippen LogP contribution in [0.25, 0.3) is 0 Å². The van der Waals surface area contributed by atoms with Gasteiger partial charge >= 0.3 is 0 Å². The molecule has 1 aliphatic heterocycles. The minimum absolute atomic E-state index is 0.0280. The number of aliphatic hydroxyl groups excluding tert-OH is 2. The predicted octanol–water partition coefficient (Wildman–Crippen LogP) is 1.84. The van der Waals surface area contributed by atoms with Crippen LogP contribution in [-0.2, 0) is 17.8 Å². The average Bonchev–Trinajstić information content (AvgIpc) is 3.28. The molecule has 5 rings (SSSR count). The molecule has 1 amide bonds. The predicted molar refractivity (Wildman–Crippen MR) is 132 cm³/mol. The summed E-state index contributed by atoms with van der Waals surface area (Å²) in [5.74, 6) is -5.24. The highest BCUT2D eigenvalue weighted by atomic mass is 19.1. The van der Waals surface area contributed by atoms with Gasteiger partial charge in [-0.25, -0.2) is 4.39 Å². The summed E-state index contributed by atoms with van der Waals surface area (Å²) in [5.41, 5.74) is 2.49. The van der Waals surface area contributed by atoms with Crippen LogP contribution in [0.1, 0.15) is 40.7 Å². The summed E-state index contributed by atoms with van der Waals surface area (Å²) in [6.45, 7) is 5.54. The van der Waals surface area contributed by atoms with E-state index in [4.69, 9.17) is 5.73 Å². The first-order chi connectivity index (χ1) is 17.4. The number of phenolic OH excluding ortho intramolecular Hbond substituents is 1. The number of nitrogens with two attached hydrogens (primary N) is 1. The molecule has 10 heteroatoms. The smallest absolute Gasteiger partial charge is 0.252 e. The van der Waals surface area contributed by atoms with Crippen LogP contribution in [0.5, 0.6) is 5.75 Å². The molecule has 6 N–H and O–H groups in total. The Morgan fingerprint density at radius 1 is 1.30 bits per heavy atom. The van der Waals surface area contributed by atoms with Crippen molar-refractivity contribution < 1.29 is 34.4 Å². The minimum Gasteiger partial charge on any atom is -0.511 e. The molecular weight excluding hydrogens is 481 g/mol. The number of nitrogens with zero attached hydrogens (tertiary/aromatic N) is 2. The molecule has 37 heavy (non-hydrogen) atoms. The Balaban J connectivity index is 1.53. The van der Waals surface area contributed by atoms with Crippen molar-refractivity contribution in [3.8, 4) is 5.75 Å². The monoisotopic (exact) mass is 513 g/mol. The average molecular weight is 514 g/mol. The lowest BCUT2D eigenvalue weighted by molar-refractivity contribution is -0.115. The van der Waals surface area contributed by atoms with Crippen LogP contribution in [0, 0.1) is 17.7 Å². The van der Waals surface area contributed by atoms with Gasteiger partial charge in [0, 0.05) is 60.3 Å². The second-order valence-electron chi connectivity index (χ2n) is 10.9. The van der Waals surface area contributed by atoms with Crippen molar-refractivity contribution in [1.82, 2.24) is 9.80 Å². The van der Waals surface area contributed by atoms with E-state index in [-0.39, 0.29) is 58.6 Å². The van der Waals surface area contributed by atoms with Gasteiger partial charge in [0.05, 0.1) is 11.1 Å². The van der Waals surface area contributed by atoms with Gasteiger partial charge in [0.15, 0.2) is 11.4 Å². The number of fused-ring (bicyclic) bond motifs is 3. The zero-order valence-corrected chi connectivity index (χ0v) is 20.9. The van der Waals surface area contributed by atoms with E-state index in [0.29, 0.717) is 18.2 Å². The van der Waals surface area contributed by atoms with E-state index in [1.807, 2.05) is 14.1 Å². The molecule has 1 fully saturated rings. The number of primary amides is 1. The van der Waals surface area contributed by atoms with Crippen molar-refractivity contribution in [3.05, 3.63) is 63.4 Å². The first-order valence-electron chi connectivity index (χ1n) is 12.4. The number of carbonyl (C=O) groups excluding carboxylic acids is 2. The summed E-state index contributed by atoms with van der Waals surface area (Å²) in [6, 6.07) is 1.62. The quantitative estimate of drug-likeness (QED) is 0.410. The first-order valence-corrected chi connectivity index (χ1v) is 12.4. The largest absolute Gasteiger partial charge is 0.511 e. The normalized spacial score (nSPS) is 30.0. The van der Waals surface area contributed by atoms with E-state index in [9.17, 15) is 30.0 Å².